The molecule has 0 unspecified atom stereocenters. The molecule has 2 N–H and O–H groups in total. The predicted molar refractivity (Wildman–Crippen MR) is 97.7 cm³/mol. The number of benzene rings is 1. The molecular weight excluding hydrogens is 355 g/mol. The number of aromatic nitrogens is 2. The largest absolute Gasteiger partial charge is 0.391 e. The van der Waals surface area contributed by atoms with Gasteiger partial charge in [-0.25, -0.2) is 14.4 Å². The molecule has 4 rings (SSSR count). The number of fused-ring (bicyclic) bond motifs is 1. The third kappa shape index (κ3) is 3.38. The number of rotatable bonds is 4. The first kappa shape index (κ1) is 16.9. The van der Waals surface area contributed by atoms with Crippen LogP contribution in [-0.2, 0) is 6.54 Å². The Balaban J connectivity index is 1.61. The summed E-state index contributed by atoms with van der Waals surface area (Å²) in [5.41, 5.74) is 1.78. The third-order valence-corrected chi connectivity index (χ3v) is 5.21. The lowest BCUT2D eigenvalue weighted by Gasteiger charge is -2.16. The predicted octanol–water partition coefficient (Wildman–Crippen LogP) is 2.65. The molecule has 0 bridgehead atoms. The Morgan fingerprint density at radius 3 is 3.04 bits per heavy atom. The van der Waals surface area contributed by atoms with E-state index in [2.05, 4.69) is 15.3 Å². The Labute approximate surface area is 153 Å². The minimum absolute atomic E-state index is 0.204. The van der Waals surface area contributed by atoms with Gasteiger partial charge in [-0.2, -0.15) is 0 Å². The summed E-state index contributed by atoms with van der Waals surface area (Å²) in [5.74, 6) is -0.185. The Hall–Kier alpha value is -2.58. The molecule has 1 aliphatic heterocycles. The van der Waals surface area contributed by atoms with Gasteiger partial charge in [-0.15, -0.1) is 11.3 Å². The van der Waals surface area contributed by atoms with E-state index in [0.717, 1.165) is 10.3 Å². The van der Waals surface area contributed by atoms with E-state index in [1.165, 1.54) is 23.5 Å². The quantitative estimate of drug-likeness (QED) is 0.736. The lowest BCUT2D eigenvalue weighted by molar-refractivity contribution is 0.0761. The first-order valence-electron chi connectivity index (χ1n) is 8.31. The van der Waals surface area contributed by atoms with Crippen LogP contribution in [0, 0.1) is 5.82 Å². The molecule has 3 aromatic rings. The van der Waals surface area contributed by atoms with E-state index in [1.54, 1.807) is 17.0 Å². The number of hydrogen-bond acceptors (Lipinski definition) is 6. The molecule has 1 atom stereocenters. The summed E-state index contributed by atoms with van der Waals surface area (Å²) < 4.78 is 14.0. The minimum Gasteiger partial charge on any atom is -0.391 e. The molecule has 8 heteroatoms. The number of likely N-dealkylation sites (tertiary alicyclic amines) is 1. The maximum Gasteiger partial charge on any atom is 0.274 e. The molecule has 1 saturated heterocycles. The number of nitrogens with zero attached hydrogens (tertiary/aromatic N) is 3. The number of thiophene rings is 1. The standard InChI is InChI=1S/C18H17FN4O2S/c19-12-3-1-2-11(8-12)9-20-18-21-14-5-7-26-16(14)15(22-18)17(25)23-6-4-13(24)10-23/h1-3,5,7-8,13,24H,4,6,9-10H2,(H,20,21,22)/t13-/m1/s1. The average Bonchev–Trinajstić information content (AvgIpc) is 3.27. The van der Waals surface area contributed by atoms with Crippen molar-refractivity contribution in [2.24, 2.45) is 0 Å². The lowest BCUT2D eigenvalue weighted by atomic mass is 10.2. The molecule has 3 heterocycles. The Bertz CT molecular complexity index is 961. The van der Waals surface area contributed by atoms with Crippen LogP contribution in [0.25, 0.3) is 10.2 Å². The van der Waals surface area contributed by atoms with Gasteiger partial charge >= 0.3 is 0 Å². The summed E-state index contributed by atoms with van der Waals surface area (Å²) in [5, 5.41) is 14.6. The number of halogens is 1. The van der Waals surface area contributed by atoms with Gasteiger partial charge in [0, 0.05) is 19.6 Å². The van der Waals surface area contributed by atoms with Crippen LogP contribution in [0.2, 0.25) is 0 Å². The van der Waals surface area contributed by atoms with E-state index in [9.17, 15) is 14.3 Å². The number of amides is 1. The van der Waals surface area contributed by atoms with Crippen LogP contribution in [0.1, 0.15) is 22.5 Å². The van der Waals surface area contributed by atoms with Crippen LogP contribution in [-0.4, -0.2) is 45.1 Å². The minimum atomic E-state index is -0.481. The molecule has 0 saturated carbocycles. The second kappa shape index (κ2) is 6.97. The van der Waals surface area contributed by atoms with E-state index in [-0.39, 0.29) is 11.7 Å². The van der Waals surface area contributed by atoms with Gasteiger partial charge in [0.05, 0.1) is 16.3 Å². The second-order valence-electron chi connectivity index (χ2n) is 6.21. The van der Waals surface area contributed by atoms with Crippen molar-refractivity contribution >= 4 is 33.4 Å². The molecule has 1 fully saturated rings. The van der Waals surface area contributed by atoms with Gasteiger partial charge in [0.15, 0.2) is 5.69 Å². The highest BCUT2D eigenvalue weighted by Gasteiger charge is 2.28. The van der Waals surface area contributed by atoms with Crippen LogP contribution >= 0.6 is 11.3 Å². The summed E-state index contributed by atoms with van der Waals surface area (Å²) in [6.45, 7) is 1.19. The summed E-state index contributed by atoms with van der Waals surface area (Å²) in [6, 6.07) is 8.11. The summed E-state index contributed by atoms with van der Waals surface area (Å²) >= 11 is 1.41. The van der Waals surface area contributed by atoms with E-state index in [4.69, 9.17) is 0 Å². The molecule has 2 aromatic heterocycles. The van der Waals surface area contributed by atoms with Gasteiger partial charge in [-0.3, -0.25) is 4.79 Å². The number of carbonyl (C=O) groups excluding carboxylic acids is 1. The van der Waals surface area contributed by atoms with Crippen LogP contribution in [0.15, 0.2) is 35.7 Å². The second-order valence-corrected chi connectivity index (χ2v) is 7.12. The first-order chi connectivity index (χ1) is 12.6. The first-order valence-corrected chi connectivity index (χ1v) is 9.19. The van der Waals surface area contributed by atoms with Crippen molar-refractivity contribution in [2.75, 3.05) is 18.4 Å². The van der Waals surface area contributed by atoms with Gasteiger partial charge in [0.25, 0.3) is 5.91 Å². The number of aliphatic hydroxyl groups excluding tert-OH is 1. The molecule has 134 valence electrons. The van der Waals surface area contributed by atoms with Crippen LogP contribution in [0.5, 0.6) is 0 Å². The highest BCUT2D eigenvalue weighted by Crippen LogP contribution is 2.26. The number of carbonyl (C=O) groups is 1. The fraction of sp³-hybridized carbons (Fsp3) is 0.278. The van der Waals surface area contributed by atoms with Crippen molar-refractivity contribution in [3.8, 4) is 0 Å². The highest BCUT2D eigenvalue weighted by atomic mass is 32.1. The maximum atomic E-state index is 13.3. The van der Waals surface area contributed by atoms with Crippen molar-refractivity contribution in [1.29, 1.82) is 0 Å². The molecular formula is C18H17FN4O2S. The van der Waals surface area contributed by atoms with Crippen LogP contribution < -0.4 is 5.32 Å². The van der Waals surface area contributed by atoms with E-state index in [0.29, 0.717) is 43.2 Å². The molecule has 6 nitrogen and oxygen atoms in total. The molecule has 1 aliphatic rings. The maximum absolute atomic E-state index is 13.3. The average molecular weight is 372 g/mol. The van der Waals surface area contributed by atoms with Gasteiger partial charge in [-0.05, 0) is 35.6 Å². The molecule has 1 amide bonds. The van der Waals surface area contributed by atoms with E-state index >= 15 is 0 Å². The molecule has 0 radical (unpaired) electrons. The third-order valence-electron chi connectivity index (χ3n) is 4.30. The van der Waals surface area contributed by atoms with E-state index < -0.39 is 6.10 Å². The summed E-state index contributed by atoms with van der Waals surface area (Å²) in [4.78, 5) is 23.3. The summed E-state index contributed by atoms with van der Waals surface area (Å²) in [7, 11) is 0. The zero-order valence-electron chi connectivity index (χ0n) is 13.9. The molecule has 0 spiro atoms. The van der Waals surface area contributed by atoms with E-state index in [1.807, 2.05) is 11.4 Å². The Kier molecular flexibility index (Phi) is 4.52. The Morgan fingerprint density at radius 1 is 1.38 bits per heavy atom. The van der Waals surface area contributed by atoms with Crippen molar-refractivity contribution in [3.05, 3.63) is 52.8 Å². The van der Waals surface area contributed by atoms with Crippen molar-refractivity contribution < 1.29 is 14.3 Å². The number of anilines is 1. The fourth-order valence-electron chi connectivity index (χ4n) is 2.99. The molecule has 1 aromatic carbocycles. The van der Waals surface area contributed by atoms with Gasteiger partial charge in [0.1, 0.15) is 5.82 Å². The lowest BCUT2D eigenvalue weighted by Crippen LogP contribution is -2.30. The van der Waals surface area contributed by atoms with Gasteiger partial charge < -0.3 is 15.3 Å². The zero-order chi connectivity index (χ0) is 18.1. The van der Waals surface area contributed by atoms with Crippen LogP contribution in [0.4, 0.5) is 10.3 Å². The van der Waals surface area contributed by atoms with Crippen molar-refractivity contribution in [2.45, 2.75) is 19.1 Å². The monoisotopic (exact) mass is 372 g/mol. The smallest absolute Gasteiger partial charge is 0.274 e. The summed E-state index contributed by atoms with van der Waals surface area (Å²) in [6.07, 6.45) is 0.0971. The fourth-order valence-corrected chi connectivity index (χ4v) is 3.80. The molecule has 26 heavy (non-hydrogen) atoms. The number of nitrogens with one attached hydrogen (secondary N) is 1. The highest BCUT2D eigenvalue weighted by molar-refractivity contribution is 7.17. The Morgan fingerprint density at radius 2 is 2.27 bits per heavy atom. The van der Waals surface area contributed by atoms with Crippen molar-refractivity contribution in [1.82, 2.24) is 14.9 Å². The number of β-amino-alcohol motifs (C(OH)–C–C–N with tert-alkyl or cyclic N) is 1. The number of aliphatic hydroxyl groups is 1. The SMILES string of the molecule is O=C(c1nc(NCc2cccc(F)c2)nc2ccsc12)N1CC[C@@H](O)C1. The molecule has 0 aliphatic carbocycles. The topological polar surface area (TPSA) is 78.4 Å². The zero-order valence-corrected chi connectivity index (χ0v) is 14.7. The van der Waals surface area contributed by atoms with Crippen LogP contribution in [0.3, 0.4) is 0 Å². The van der Waals surface area contributed by atoms with Gasteiger partial charge in [-0.1, -0.05) is 12.1 Å². The van der Waals surface area contributed by atoms with Gasteiger partial charge in [0.2, 0.25) is 5.95 Å². The van der Waals surface area contributed by atoms with Crippen molar-refractivity contribution in [3.63, 3.8) is 0 Å². The number of hydrogen-bond donors (Lipinski definition) is 2. The normalized spacial score (nSPS) is 17.0.